The molecule has 0 aliphatic carbocycles. The molecule has 2 aromatic rings. The van der Waals surface area contributed by atoms with Crippen LogP contribution >= 0.6 is 11.8 Å². The summed E-state index contributed by atoms with van der Waals surface area (Å²) in [6.45, 7) is 3.61. The summed E-state index contributed by atoms with van der Waals surface area (Å²) in [4.78, 5) is 0. The molecule has 3 nitrogen and oxygen atoms in total. The summed E-state index contributed by atoms with van der Waals surface area (Å²) in [5.74, 6) is 1.14. The van der Waals surface area contributed by atoms with E-state index in [1.807, 2.05) is 11.8 Å². The lowest BCUT2D eigenvalue weighted by Gasteiger charge is -2.11. The van der Waals surface area contributed by atoms with Crippen LogP contribution in [-0.2, 0) is 17.8 Å². The van der Waals surface area contributed by atoms with Crippen LogP contribution in [0.2, 0.25) is 0 Å². The van der Waals surface area contributed by atoms with Crippen molar-refractivity contribution in [2.24, 2.45) is 0 Å². The quantitative estimate of drug-likeness (QED) is 0.752. The van der Waals surface area contributed by atoms with Crippen molar-refractivity contribution >= 4 is 22.7 Å². The van der Waals surface area contributed by atoms with Crippen LogP contribution in [-0.4, -0.2) is 36.8 Å². The highest BCUT2D eigenvalue weighted by Gasteiger charge is 2.07. The number of methoxy groups -OCH3 is 1. The summed E-state index contributed by atoms with van der Waals surface area (Å²) in [6.07, 6.45) is 2.15. The Morgan fingerprint density at radius 3 is 2.95 bits per heavy atom. The molecule has 1 aromatic heterocycles. The molecule has 1 N–H and O–H groups in total. The first-order valence-corrected chi connectivity index (χ1v) is 8.02. The highest BCUT2D eigenvalue weighted by atomic mass is 32.2. The summed E-state index contributed by atoms with van der Waals surface area (Å²) in [5, 5.41) is 4.75. The van der Waals surface area contributed by atoms with Gasteiger partial charge in [0.2, 0.25) is 0 Å². The Kier molecular flexibility index (Phi) is 5.76. The highest BCUT2D eigenvalue weighted by molar-refractivity contribution is 7.98. The Bertz CT molecular complexity index is 510. The highest BCUT2D eigenvalue weighted by Crippen LogP contribution is 2.20. The third-order valence-corrected chi connectivity index (χ3v) is 3.80. The molecule has 0 unspecified atom stereocenters. The van der Waals surface area contributed by atoms with Crippen molar-refractivity contribution < 1.29 is 4.74 Å². The van der Waals surface area contributed by atoms with E-state index in [-0.39, 0.29) is 0 Å². The van der Waals surface area contributed by atoms with Gasteiger partial charge in [0.15, 0.2) is 0 Å². The standard InChI is InChI=1S/C15H22N2OS/c1-18-9-7-16-12-14-11-13-5-3-4-6-15(13)17(14)8-10-19-2/h3-6,11,16H,7-10,12H2,1-2H3. The van der Waals surface area contributed by atoms with Gasteiger partial charge in [-0.1, -0.05) is 18.2 Å². The average Bonchev–Trinajstić information content (AvgIpc) is 2.79. The van der Waals surface area contributed by atoms with Gasteiger partial charge in [-0.15, -0.1) is 0 Å². The lowest BCUT2D eigenvalue weighted by Crippen LogP contribution is -2.20. The summed E-state index contributed by atoms with van der Waals surface area (Å²) in [5.41, 5.74) is 2.69. The molecule has 0 spiro atoms. The minimum Gasteiger partial charge on any atom is -0.383 e. The number of rotatable bonds is 8. The maximum Gasteiger partial charge on any atom is 0.0587 e. The van der Waals surface area contributed by atoms with Gasteiger partial charge in [-0.05, 0) is 23.8 Å². The van der Waals surface area contributed by atoms with Crippen molar-refractivity contribution in [2.45, 2.75) is 13.1 Å². The molecular weight excluding hydrogens is 256 g/mol. The first-order valence-electron chi connectivity index (χ1n) is 6.62. The molecule has 1 heterocycles. The molecule has 0 amide bonds. The maximum absolute atomic E-state index is 5.06. The van der Waals surface area contributed by atoms with Crippen molar-refractivity contribution in [1.29, 1.82) is 0 Å². The maximum atomic E-state index is 5.06. The van der Waals surface area contributed by atoms with Gasteiger partial charge in [-0.3, -0.25) is 0 Å². The average molecular weight is 278 g/mol. The van der Waals surface area contributed by atoms with Crippen LogP contribution in [0.1, 0.15) is 5.69 Å². The van der Waals surface area contributed by atoms with Gasteiger partial charge in [-0.2, -0.15) is 11.8 Å². The van der Waals surface area contributed by atoms with E-state index in [2.05, 4.69) is 46.5 Å². The molecule has 0 saturated heterocycles. The molecule has 0 aliphatic heterocycles. The lowest BCUT2D eigenvalue weighted by atomic mass is 10.2. The molecule has 0 bridgehead atoms. The number of benzene rings is 1. The lowest BCUT2D eigenvalue weighted by molar-refractivity contribution is 0.199. The molecule has 104 valence electrons. The molecule has 0 aliphatic rings. The Balaban J connectivity index is 2.15. The monoisotopic (exact) mass is 278 g/mol. The van der Waals surface area contributed by atoms with Gasteiger partial charge in [0.05, 0.1) is 6.61 Å². The van der Waals surface area contributed by atoms with Gasteiger partial charge in [0.1, 0.15) is 0 Å². The van der Waals surface area contributed by atoms with E-state index in [1.54, 1.807) is 7.11 Å². The van der Waals surface area contributed by atoms with E-state index in [4.69, 9.17) is 4.74 Å². The Morgan fingerprint density at radius 1 is 1.32 bits per heavy atom. The van der Waals surface area contributed by atoms with Crippen molar-refractivity contribution in [3.05, 3.63) is 36.0 Å². The Hall–Kier alpha value is -0.970. The van der Waals surface area contributed by atoms with Crippen LogP contribution in [0.25, 0.3) is 10.9 Å². The smallest absolute Gasteiger partial charge is 0.0587 e. The zero-order valence-electron chi connectivity index (χ0n) is 11.7. The molecule has 0 radical (unpaired) electrons. The summed E-state index contributed by atoms with van der Waals surface area (Å²) < 4.78 is 7.48. The van der Waals surface area contributed by atoms with Crippen LogP contribution < -0.4 is 5.32 Å². The normalized spacial score (nSPS) is 11.3. The van der Waals surface area contributed by atoms with Crippen LogP contribution in [0.15, 0.2) is 30.3 Å². The van der Waals surface area contributed by atoms with Gasteiger partial charge in [0.25, 0.3) is 0 Å². The van der Waals surface area contributed by atoms with Crippen LogP contribution in [0.4, 0.5) is 0 Å². The topological polar surface area (TPSA) is 26.2 Å². The minimum absolute atomic E-state index is 0.755. The number of ether oxygens (including phenoxy) is 1. The molecule has 19 heavy (non-hydrogen) atoms. The molecule has 0 atom stereocenters. The number of nitrogens with one attached hydrogen (secondary N) is 1. The largest absolute Gasteiger partial charge is 0.383 e. The van der Waals surface area contributed by atoms with E-state index in [0.717, 1.165) is 32.0 Å². The van der Waals surface area contributed by atoms with Crippen LogP contribution in [0.5, 0.6) is 0 Å². The summed E-state index contributed by atoms with van der Waals surface area (Å²) in [7, 11) is 1.73. The van der Waals surface area contributed by atoms with E-state index in [0.29, 0.717) is 0 Å². The van der Waals surface area contributed by atoms with Crippen molar-refractivity contribution in [3.8, 4) is 0 Å². The number of nitrogens with zero attached hydrogens (tertiary/aromatic N) is 1. The number of fused-ring (bicyclic) bond motifs is 1. The number of aryl methyl sites for hydroxylation is 1. The third kappa shape index (κ3) is 3.75. The fraction of sp³-hybridized carbons (Fsp3) is 0.467. The zero-order chi connectivity index (χ0) is 13.5. The molecule has 0 fully saturated rings. The Labute approximate surface area is 119 Å². The van der Waals surface area contributed by atoms with Gasteiger partial charge in [-0.25, -0.2) is 0 Å². The second-order valence-electron chi connectivity index (χ2n) is 4.51. The third-order valence-electron chi connectivity index (χ3n) is 3.20. The van der Waals surface area contributed by atoms with Gasteiger partial charge in [0, 0.05) is 43.7 Å². The first-order chi connectivity index (χ1) is 9.36. The predicted molar refractivity (Wildman–Crippen MR) is 83.9 cm³/mol. The van der Waals surface area contributed by atoms with Crippen LogP contribution in [0, 0.1) is 0 Å². The molecule has 0 saturated carbocycles. The van der Waals surface area contributed by atoms with E-state index < -0.39 is 0 Å². The second kappa shape index (κ2) is 7.58. The minimum atomic E-state index is 0.755. The molecular formula is C15H22N2OS. The number of thioether (sulfide) groups is 1. The molecule has 2 rings (SSSR count). The van der Waals surface area contributed by atoms with Crippen molar-refractivity contribution in [3.63, 3.8) is 0 Å². The number of hydrogen-bond acceptors (Lipinski definition) is 3. The molecule has 4 heteroatoms. The zero-order valence-corrected chi connectivity index (χ0v) is 12.5. The molecule has 1 aromatic carbocycles. The van der Waals surface area contributed by atoms with Crippen molar-refractivity contribution in [2.75, 3.05) is 32.3 Å². The second-order valence-corrected chi connectivity index (χ2v) is 5.49. The van der Waals surface area contributed by atoms with Gasteiger partial charge >= 0.3 is 0 Å². The Morgan fingerprint density at radius 2 is 2.16 bits per heavy atom. The fourth-order valence-electron chi connectivity index (χ4n) is 2.25. The number of hydrogen-bond donors (Lipinski definition) is 1. The fourth-order valence-corrected chi connectivity index (χ4v) is 2.62. The summed E-state index contributed by atoms with van der Waals surface area (Å²) >= 11 is 1.89. The SMILES string of the molecule is COCCNCc1cc2ccccc2n1CCSC. The van der Waals surface area contributed by atoms with E-state index in [9.17, 15) is 0 Å². The van der Waals surface area contributed by atoms with E-state index >= 15 is 0 Å². The number of aromatic nitrogens is 1. The first kappa shape index (κ1) is 14.4. The number of para-hydroxylation sites is 1. The summed E-state index contributed by atoms with van der Waals surface area (Å²) in [6, 6.07) is 10.9. The van der Waals surface area contributed by atoms with Gasteiger partial charge < -0.3 is 14.6 Å². The van der Waals surface area contributed by atoms with Crippen molar-refractivity contribution in [1.82, 2.24) is 9.88 Å². The van der Waals surface area contributed by atoms with E-state index in [1.165, 1.54) is 16.6 Å². The van der Waals surface area contributed by atoms with Crippen LogP contribution in [0.3, 0.4) is 0 Å². The predicted octanol–water partition coefficient (Wildman–Crippen LogP) is 2.74.